The van der Waals surface area contributed by atoms with E-state index >= 15 is 0 Å². The SMILES string of the molecule is N/C(=N/O)c1ncccc1Cn1cnc2c1CCCC2. The van der Waals surface area contributed by atoms with Crippen LogP contribution >= 0.6 is 0 Å². The number of nitrogens with zero attached hydrogens (tertiary/aromatic N) is 4. The first kappa shape index (κ1) is 12.7. The second-order valence-electron chi connectivity index (χ2n) is 4.97. The minimum Gasteiger partial charge on any atom is -0.409 e. The highest BCUT2D eigenvalue weighted by molar-refractivity contribution is 5.96. The number of nitrogens with two attached hydrogens (primary N) is 1. The summed E-state index contributed by atoms with van der Waals surface area (Å²) in [4.78, 5) is 8.67. The zero-order chi connectivity index (χ0) is 13.9. The Morgan fingerprint density at radius 3 is 3.05 bits per heavy atom. The third-order valence-electron chi connectivity index (χ3n) is 3.69. The average molecular weight is 271 g/mol. The van der Waals surface area contributed by atoms with E-state index in [1.807, 2.05) is 18.5 Å². The number of oxime groups is 1. The number of hydrogen-bond acceptors (Lipinski definition) is 4. The predicted octanol–water partition coefficient (Wildman–Crippen LogP) is 1.30. The van der Waals surface area contributed by atoms with Crippen molar-refractivity contribution in [1.82, 2.24) is 14.5 Å². The molecule has 1 aliphatic rings. The van der Waals surface area contributed by atoms with Crippen molar-refractivity contribution < 1.29 is 5.21 Å². The van der Waals surface area contributed by atoms with Gasteiger partial charge in [-0.05, 0) is 31.7 Å². The Morgan fingerprint density at radius 2 is 2.20 bits per heavy atom. The Morgan fingerprint density at radius 1 is 1.35 bits per heavy atom. The number of amidine groups is 1. The molecule has 3 N–H and O–H groups in total. The van der Waals surface area contributed by atoms with Crippen LogP contribution < -0.4 is 5.73 Å². The molecule has 6 nitrogen and oxygen atoms in total. The Hall–Kier alpha value is -2.37. The van der Waals surface area contributed by atoms with Crippen molar-refractivity contribution >= 4 is 5.84 Å². The third kappa shape index (κ3) is 2.24. The fourth-order valence-electron chi connectivity index (χ4n) is 2.69. The number of aromatic nitrogens is 3. The highest BCUT2D eigenvalue weighted by atomic mass is 16.4. The quantitative estimate of drug-likeness (QED) is 0.381. The molecule has 0 bridgehead atoms. The molecule has 2 aromatic heterocycles. The highest BCUT2D eigenvalue weighted by Crippen LogP contribution is 2.21. The maximum absolute atomic E-state index is 8.83. The van der Waals surface area contributed by atoms with Gasteiger partial charge in [-0.15, -0.1) is 0 Å². The number of hydrogen-bond donors (Lipinski definition) is 2. The number of aryl methyl sites for hydroxylation is 1. The van der Waals surface area contributed by atoms with E-state index in [1.165, 1.54) is 24.2 Å². The van der Waals surface area contributed by atoms with Gasteiger partial charge in [-0.2, -0.15) is 0 Å². The maximum Gasteiger partial charge on any atom is 0.189 e. The zero-order valence-electron chi connectivity index (χ0n) is 11.2. The average Bonchev–Trinajstić information content (AvgIpc) is 2.90. The van der Waals surface area contributed by atoms with E-state index in [2.05, 4.69) is 19.7 Å². The fraction of sp³-hybridized carbons (Fsp3) is 0.357. The van der Waals surface area contributed by atoms with E-state index in [4.69, 9.17) is 10.9 Å². The lowest BCUT2D eigenvalue weighted by molar-refractivity contribution is 0.318. The molecule has 104 valence electrons. The summed E-state index contributed by atoms with van der Waals surface area (Å²) in [7, 11) is 0. The van der Waals surface area contributed by atoms with Crippen LogP contribution in [0.5, 0.6) is 0 Å². The van der Waals surface area contributed by atoms with Crippen LogP contribution in [0.2, 0.25) is 0 Å². The zero-order valence-corrected chi connectivity index (χ0v) is 11.2. The normalized spacial score (nSPS) is 15.1. The van der Waals surface area contributed by atoms with Gasteiger partial charge >= 0.3 is 0 Å². The Kier molecular flexibility index (Phi) is 3.37. The molecular formula is C14H17N5O. The molecule has 0 amide bonds. The molecule has 2 heterocycles. The van der Waals surface area contributed by atoms with Crippen molar-refractivity contribution in [3.8, 4) is 0 Å². The molecule has 0 spiro atoms. The van der Waals surface area contributed by atoms with Crippen molar-refractivity contribution in [2.45, 2.75) is 32.2 Å². The van der Waals surface area contributed by atoms with Gasteiger partial charge in [0.1, 0.15) is 5.69 Å². The number of pyridine rings is 1. The van der Waals surface area contributed by atoms with Crippen LogP contribution in [0.1, 0.15) is 35.5 Å². The van der Waals surface area contributed by atoms with E-state index in [0.717, 1.165) is 18.4 Å². The lowest BCUT2D eigenvalue weighted by Gasteiger charge is -2.15. The summed E-state index contributed by atoms with van der Waals surface area (Å²) in [6, 6.07) is 3.79. The molecule has 0 atom stereocenters. The lowest BCUT2D eigenvalue weighted by Crippen LogP contribution is -2.19. The van der Waals surface area contributed by atoms with Crippen LogP contribution in [0.4, 0.5) is 0 Å². The van der Waals surface area contributed by atoms with Gasteiger partial charge in [0.2, 0.25) is 0 Å². The second-order valence-corrected chi connectivity index (χ2v) is 4.97. The smallest absolute Gasteiger partial charge is 0.189 e. The molecule has 0 fully saturated rings. The molecule has 0 aromatic carbocycles. The van der Waals surface area contributed by atoms with Gasteiger partial charge in [0.25, 0.3) is 0 Å². The van der Waals surface area contributed by atoms with Crippen molar-refractivity contribution in [3.05, 3.63) is 47.3 Å². The minimum absolute atomic E-state index is 0.0367. The molecule has 0 saturated heterocycles. The van der Waals surface area contributed by atoms with Gasteiger partial charge < -0.3 is 15.5 Å². The molecule has 0 radical (unpaired) electrons. The predicted molar refractivity (Wildman–Crippen MR) is 74.7 cm³/mol. The highest BCUT2D eigenvalue weighted by Gasteiger charge is 2.16. The monoisotopic (exact) mass is 271 g/mol. The van der Waals surface area contributed by atoms with Gasteiger partial charge in [-0.1, -0.05) is 11.2 Å². The maximum atomic E-state index is 8.83. The molecular weight excluding hydrogens is 254 g/mol. The molecule has 20 heavy (non-hydrogen) atoms. The van der Waals surface area contributed by atoms with E-state index < -0.39 is 0 Å². The summed E-state index contributed by atoms with van der Waals surface area (Å²) in [6.07, 6.45) is 8.06. The van der Waals surface area contributed by atoms with Crippen molar-refractivity contribution in [2.75, 3.05) is 0 Å². The standard InChI is InChI=1S/C14H17N5O/c15-14(18-20)13-10(4-3-7-16-13)8-19-9-17-11-5-1-2-6-12(11)19/h3-4,7,9,20H,1-2,5-6,8H2,(H2,15,18). The summed E-state index contributed by atoms with van der Waals surface area (Å²) in [6.45, 7) is 0.641. The number of rotatable bonds is 3. The first-order valence-electron chi connectivity index (χ1n) is 6.74. The molecule has 0 aliphatic heterocycles. The van der Waals surface area contributed by atoms with Gasteiger partial charge in [-0.25, -0.2) is 4.98 Å². The lowest BCUT2D eigenvalue weighted by atomic mass is 10.0. The molecule has 1 aliphatic carbocycles. The van der Waals surface area contributed by atoms with Crippen LogP contribution in [-0.4, -0.2) is 25.6 Å². The van der Waals surface area contributed by atoms with E-state index in [1.54, 1.807) is 6.20 Å². The molecule has 0 unspecified atom stereocenters. The number of fused-ring (bicyclic) bond motifs is 1. The fourth-order valence-corrected chi connectivity index (χ4v) is 2.69. The van der Waals surface area contributed by atoms with Crippen LogP contribution in [-0.2, 0) is 19.4 Å². The topological polar surface area (TPSA) is 89.3 Å². The minimum atomic E-state index is 0.0367. The summed E-state index contributed by atoms with van der Waals surface area (Å²) < 4.78 is 2.14. The van der Waals surface area contributed by atoms with E-state index in [0.29, 0.717) is 12.2 Å². The van der Waals surface area contributed by atoms with Crippen LogP contribution in [0, 0.1) is 0 Å². The van der Waals surface area contributed by atoms with E-state index in [-0.39, 0.29) is 5.84 Å². The van der Waals surface area contributed by atoms with Crippen molar-refractivity contribution in [2.24, 2.45) is 10.9 Å². The third-order valence-corrected chi connectivity index (χ3v) is 3.69. The van der Waals surface area contributed by atoms with Crippen LogP contribution in [0.25, 0.3) is 0 Å². The Balaban J connectivity index is 1.94. The van der Waals surface area contributed by atoms with Gasteiger partial charge in [0.05, 0.1) is 18.6 Å². The van der Waals surface area contributed by atoms with Gasteiger partial charge in [0.15, 0.2) is 5.84 Å². The summed E-state index contributed by atoms with van der Waals surface area (Å²) >= 11 is 0. The summed E-state index contributed by atoms with van der Waals surface area (Å²) in [5, 5.41) is 11.9. The van der Waals surface area contributed by atoms with Gasteiger partial charge in [0, 0.05) is 17.5 Å². The molecule has 0 saturated carbocycles. The first-order valence-corrected chi connectivity index (χ1v) is 6.74. The summed E-state index contributed by atoms with van der Waals surface area (Å²) in [5.41, 5.74) is 9.62. The Bertz CT molecular complexity index is 647. The Labute approximate surface area is 117 Å². The number of imidazole rings is 1. The van der Waals surface area contributed by atoms with Gasteiger partial charge in [-0.3, -0.25) is 4.98 Å². The molecule has 6 heteroatoms. The van der Waals surface area contributed by atoms with Crippen LogP contribution in [0.3, 0.4) is 0 Å². The van der Waals surface area contributed by atoms with E-state index in [9.17, 15) is 0 Å². The van der Waals surface area contributed by atoms with Crippen LogP contribution in [0.15, 0.2) is 29.8 Å². The second kappa shape index (κ2) is 5.32. The molecule has 2 aromatic rings. The van der Waals surface area contributed by atoms with Crippen molar-refractivity contribution in [1.29, 1.82) is 0 Å². The van der Waals surface area contributed by atoms with Crippen molar-refractivity contribution in [3.63, 3.8) is 0 Å². The first-order chi connectivity index (χ1) is 9.79. The summed E-state index contributed by atoms with van der Waals surface area (Å²) in [5.74, 6) is 0.0367. The largest absolute Gasteiger partial charge is 0.409 e. The molecule has 3 rings (SSSR count).